The van der Waals surface area contributed by atoms with E-state index >= 15 is 0 Å². The van der Waals surface area contributed by atoms with Crippen LogP contribution < -0.4 is 16.2 Å². The second kappa shape index (κ2) is 11.4. The summed E-state index contributed by atoms with van der Waals surface area (Å²) in [5.41, 5.74) is 2.19. The SMILES string of the molecule is CCNC(=NCCCCn1c(C)cccc1=O)NCCc1ccccc1Cl. The van der Waals surface area contributed by atoms with Crippen molar-refractivity contribution < 1.29 is 0 Å². The Bertz CT molecular complexity index is 801. The summed E-state index contributed by atoms with van der Waals surface area (Å²) in [4.78, 5) is 16.5. The average molecular weight is 389 g/mol. The summed E-state index contributed by atoms with van der Waals surface area (Å²) in [6, 6.07) is 13.3. The minimum Gasteiger partial charge on any atom is -0.357 e. The number of aryl methyl sites for hydroxylation is 1. The van der Waals surface area contributed by atoms with Crippen LogP contribution in [0, 0.1) is 6.92 Å². The molecule has 0 amide bonds. The number of rotatable bonds is 9. The molecule has 2 aromatic rings. The van der Waals surface area contributed by atoms with Crippen LogP contribution in [0.5, 0.6) is 0 Å². The topological polar surface area (TPSA) is 58.4 Å². The van der Waals surface area contributed by atoms with E-state index in [1.54, 1.807) is 12.1 Å². The number of guanidine groups is 1. The molecule has 5 nitrogen and oxygen atoms in total. The van der Waals surface area contributed by atoms with E-state index in [1.807, 2.05) is 41.8 Å². The molecule has 0 aliphatic rings. The van der Waals surface area contributed by atoms with Gasteiger partial charge in [0.05, 0.1) is 0 Å². The number of nitrogens with one attached hydrogen (secondary N) is 2. The fourth-order valence-corrected chi connectivity index (χ4v) is 3.07. The van der Waals surface area contributed by atoms with Crippen molar-refractivity contribution in [2.75, 3.05) is 19.6 Å². The third-order valence-electron chi connectivity index (χ3n) is 4.32. The summed E-state index contributed by atoms with van der Waals surface area (Å²) < 4.78 is 1.82. The zero-order chi connectivity index (χ0) is 19.5. The first-order valence-electron chi connectivity index (χ1n) is 9.54. The summed E-state index contributed by atoms with van der Waals surface area (Å²) in [6.07, 6.45) is 2.70. The highest BCUT2D eigenvalue weighted by molar-refractivity contribution is 6.31. The van der Waals surface area contributed by atoms with Crippen LogP contribution >= 0.6 is 11.6 Å². The lowest BCUT2D eigenvalue weighted by Gasteiger charge is -2.12. The summed E-state index contributed by atoms with van der Waals surface area (Å²) in [5, 5.41) is 7.41. The maximum atomic E-state index is 11.9. The molecule has 0 bridgehead atoms. The van der Waals surface area contributed by atoms with E-state index < -0.39 is 0 Å². The standard InChI is InChI=1S/C21H29ClN4O/c1-3-23-21(25-15-13-18-10-4-5-11-19(18)22)24-14-6-7-16-26-17(2)9-8-12-20(26)27/h4-5,8-12H,3,6-7,13-16H2,1-2H3,(H2,23,24,25). The van der Waals surface area contributed by atoms with E-state index in [-0.39, 0.29) is 5.56 Å². The Labute approximate surface area is 166 Å². The van der Waals surface area contributed by atoms with Crippen molar-refractivity contribution in [1.82, 2.24) is 15.2 Å². The van der Waals surface area contributed by atoms with Crippen LogP contribution in [0.1, 0.15) is 31.0 Å². The molecule has 1 aromatic carbocycles. The molecule has 1 heterocycles. The first-order chi connectivity index (χ1) is 13.1. The van der Waals surface area contributed by atoms with Gasteiger partial charge in [-0.1, -0.05) is 35.9 Å². The molecule has 1 aromatic heterocycles. The molecule has 2 N–H and O–H groups in total. The van der Waals surface area contributed by atoms with Crippen LogP contribution in [-0.2, 0) is 13.0 Å². The Morgan fingerprint density at radius 2 is 1.93 bits per heavy atom. The second-order valence-corrected chi connectivity index (χ2v) is 6.80. The number of benzene rings is 1. The van der Waals surface area contributed by atoms with Gasteiger partial charge in [0.1, 0.15) is 0 Å². The van der Waals surface area contributed by atoms with Gasteiger partial charge < -0.3 is 15.2 Å². The lowest BCUT2D eigenvalue weighted by atomic mass is 10.1. The molecule has 0 aliphatic heterocycles. The summed E-state index contributed by atoms with van der Waals surface area (Å²) in [6.45, 7) is 7.06. The second-order valence-electron chi connectivity index (χ2n) is 6.39. The van der Waals surface area contributed by atoms with Gasteiger partial charge in [-0.3, -0.25) is 9.79 Å². The van der Waals surface area contributed by atoms with E-state index in [9.17, 15) is 4.79 Å². The summed E-state index contributed by atoms with van der Waals surface area (Å²) >= 11 is 6.19. The predicted molar refractivity (Wildman–Crippen MR) is 114 cm³/mol. The van der Waals surface area contributed by atoms with Crippen molar-refractivity contribution in [2.45, 2.75) is 39.7 Å². The Hall–Kier alpha value is -2.27. The largest absolute Gasteiger partial charge is 0.357 e. The predicted octanol–water partition coefficient (Wildman–Crippen LogP) is 3.39. The van der Waals surface area contributed by atoms with Crippen molar-refractivity contribution in [3.8, 4) is 0 Å². The van der Waals surface area contributed by atoms with Gasteiger partial charge in [0.15, 0.2) is 5.96 Å². The maximum absolute atomic E-state index is 11.9. The number of hydrogen-bond donors (Lipinski definition) is 2. The zero-order valence-electron chi connectivity index (χ0n) is 16.2. The molecule has 0 saturated carbocycles. The highest BCUT2D eigenvalue weighted by atomic mass is 35.5. The van der Waals surface area contributed by atoms with Crippen LogP contribution in [0.4, 0.5) is 0 Å². The van der Waals surface area contributed by atoms with Gasteiger partial charge in [0, 0.05) is 43.0 Å². The molecule has 6 heteroatoms. The highest BCUT2D eigenvalue weighted by Gasteiger charge is 2.02. The molecule has 0 unspecified atom stereocenters. The maximum Gasteiger partial charge on any atom is 0.250 e. The molecular weight excluding hydrogens is 360 g/mol. The number of pyridine rings is 1. The van der Waals surface area contributed by atoms with Crippen molar-refractivity contribution in [3.05, 3.63) is 69.1 Å². The van der Waals surface area contributed by atoms with Crippen LogP contribution in [0.2, 0.25) is 5.02 Å². The van der Waals surface area contributed by atoms with Gasteiger partial charge in [-0.15, -0.1) is 0 Å². The average Bonchev–Trinajstić information content (AvgIpc) is 2.65. The van der Waals surface area contributed by atoms with E-state index in [0.29, 0.717) is 0 Å². The molecule has 2 rings (SSSR count). The molecule has 0 radical (unpaired) electrons. The first kappa shape index (κ1) is 21.0. The molecule has 27 heavy (non-hydrogen) atoms. The lowest BCUT2D eigenvalue weighted by molar-refractivity contribution is 0.585. The molecule has 0 atom stereocenters. The van der Waals surface area contributed by atoms with Crippen molar-refractivity contribution >= 4 is 17.6 Å². The summed E-state index contributed by atoms with van der Waals surface area (Å²) in [5.74, 6) is 0.817. The fraction of sp³-hybridized carbons (Fsp3) is 0.429. The van der Waals surface area contributed by atoms with Crippen LogP contribution in [0.25, 0.3) is 0 Å². The van der Waals surface area contributed by atoms with Crippen molar-refractivity contribution in [2.24, 2.45) is 4.99 Å². The Balaban J connectivity index is 1.76. The summed E-state index contributed by atoms with van der Waals surface area (Å²) in [7, 11) is 0. The zero-order valence-corrected chi connectivity index (χ0v) is 16.9. The molecule has 0 spiro atoms. The van der Waals surface area contributed by atoms with Gasteiger partial charge in [0.25, 0.3) is 5.56 Å². The van der Waals surface area contributed by atoms with Gasteiger partial charge in [-0.05, 0) is 50.8 Å². The number of aromatic nitrogens is 1. The lowest BCUT2D eigenvalue weighted by Crippen LogP contribution is -2.38. The van der Waals surface area contributed by atoms with Gasteiger partial charge in [-0.2, -0.15) is 0 Å². The van der Waals surface area contributed by atoms with Gasteiger partial charge >= 0.3 is 0 Å². The monoisotopic (exact) mass is 388 g/mol. The van der Waals surface area contributed by atoms with Gasteiger partial charge in [-0.25, -0.2) is 0 Å². The minimum atomic E-state index is 0.0630. The normalized spacial score (nSPS) is 11.4. The fourth-order valence-electron chi connectivity index (χ4n) is 2.84. The van der Waals surface area contributed by atoms with E-state index in [0.717, 1.165) is 67.7 Å². The molecule has 0 aliphatic carbocycles. The van der Waals surface area contributed by atoms with Crippen molar-refractivity contribution in [1.29, 1.82) is 0 Å². The smallest absolute Gasteiger partial charge is 0.250 e. The Morgan fingerprint density at radius 1 is 1.11 bits per heavy atom. The molecule has 0 fully saturated rings. The van der Waals surface area contributed by atoms with Crippen LogP contribution in [0.15, 0.2) is 52.3 Å². The van der Waals surface area contributed by atoms with E-state index in [4.69, 9.17) is 11.6 Å². The highest BCUT2D eigenvalue weighted by Crippen LogP contribution is 2.14. The Morgan fingerprint density at radius 3 is 2.67 bits per heavy atom. The quantitative estimate of drug-likeness (QED) is 0.393. The van der Waals surface area contributed by atoms with Crippen LogP contribution in [-0.4, -0.2) is 30.2 Å². The third-order valence-corrected chi connectivity index (χ3v) is 4.69. The molecular formula is C21H29ClN4O. The molecule has 0 saturated heterocycles. The number of nitrogens with zero attached hydrogens (tertiary/aromatic N) is 2. The number of aliphatic imine (C=N–C) groups is 1. The number of unbranched alkanes of at least 4 members (excludes halogenated alkanes) is 1. The minimum absolute atomic E-state index is 0.0630. The van der Waals surface area contributed by atoms with Crippen molar-refractivity contribution in [3.63, 3.8) is 0 Å². The first-order valence-corrected chi connectivity index (χ1v) is 9.91. The Kier molecular flexibility index (Phi) is 8.92. The third kappa shape index (κ3) is 7.10. The number of hydrogen-bond acceptors (Lipinski definition) is 2. The molecule has 146 valence electrons. The van der Waals surface area contributed by atoms with Crippen LogP contribution in [0.3, 0.4) is 0 Å². The van der Waals surface area contributed by atoms with E-state index in [2.05, 4.69) is 22.5 Å². The van der Waals surface area contributed by atoms with Gasteiger partial charge in [0.2, 0.25) is 0 Å². The number of halogens is 1. The van der Waals surface area contributed by atoms with E-state index in [1.165, 1.54) is 0 Å².